The van der Waals surface area contributed by atoms with Crippen molar-refractivity contribution in [2.45, 2.75) is 11.4 Å². The van der Waals surface area contributed by atoms with Crippen LogP contribution >= 0.6 is 0 Å². The molecule has 1 aliphatic heterocycles. The van der Waals surface area contributed by atoms with E-state index in [-0.39, 0.29) is 13.1 Å². The van der Waals surface area contributed by atoms with Gasteiger partial charge in [-0.2, -0.15) is 4.31 Å². The van der Waals surface area contributed by atoms with Gasteiger partial charge in [0.15, 0.2) is 0 Å². The molecule has 0 unspecified atom stereocenters. The Hall–Kier alpha value is -2.42. The summed E-state index contributed by atoms with van der Waals surface area (Å²) in [4.78, 5) is 6.12. The van der Waals surface area contributed by atoms with E-state index in [4.69, 9.17) is 0 Å². The molecule has 0 saturated carbocycles. The average Bonchev–Trinajstić information content (AvgIpc) is 2.68. The van der Waals surface area contributed by atoms with Crippen molar-refractivity contribution >= 4 is 20.9 Å². The average molecular weight is 403 g/mol. The fraction of sp³-hybridized carbons (Fsp3) is 0.250. The normalized spacial score (nSPS) is 16.5. The lowest BCUT2D eigenvalue weighted by atomic mass is 10.1. The van der Waals surface area contributed by atoms with Gasteiger partial charge in [0.2, 0.25) is 10.0 Å². The van der Waals surface area contributed by atoms with Gasteiger partial charge in [-0.05, 0) is 23.8 Å². The van der Waals surface area contributed by atoms with Gasteiger partial charge in [-0.3, -0.25) is 9.88 Å². The van der Waals surface area contributed by atoms with E-state index in [1.807, 2.05) is 30.3 Å². The van der Waals surface area contributed by atoms with Crippen molar-refractivity contribution < 1.29 is 17.2 Å². The molecule has 0 atom stereocenters. The van der Waals surface area contributed by atoms with Gasteiger partial charge in [0, 0.05) is 50.4 Å². The zero-order valence-electron chi connectivity index (χ0n) is 15.1. The van der Waals surface area contributed by atoms with E-state index in [1.165, 1.54) is 4.31 Å². The molecular formula is C20H19F2N3O2S. The zero-order chi connectivity index (χ0) is 19.7. The van der Waals surface area contributed by atoms with Crippen LogP contribution in [0.1, 0.15) is 5.56 Å². The molecule has 2 heterocycles. The summed E-state index contributed by atoms with van der Waals surface area (Å²) in [6.45, 7) is 2.19. The first kappa shape index (κ1) is 18.9. The summed E-state index contributed by atoms with van der Waals surface area (Å²) in [5, 5.41) is 1.06. The number of fused-ring (bicyclic) bond motifs is 1. The first-order valence-corrected chi connectivity index (χ1v) is 10.4. The zero-order valence-corrected chi connectivity index (χ0v) is 15.9. The highest BCUT2D eigenvalue weighted by Gasteiger charge is 2.30. The van der Waals surface area contributed by atoms with Crippen molar-refractivity contribution in [3.63, 3.8) is 0 Å². The first-order valence-electron chi connectivity index (χ1n) is 8.95. The fourth-order valence-electron chi connectivity index (χ4n) is 3.49. The predicted octanol–water partition coefficient (Wildman–Crippen LogP) is 3.02. The molecule has 0 amide bonds. The van der Waals surface area contributed by atoms with Crippen molar-refractivity contribution in [2.24, 2.45) is 0 Å². The van der Waals surface area contributed by atoms with Crippen LogP contribution in [-0.2, 0) is 16.6 Å². The highest BCUT2D eigenvalue weighted by molar-refractivity contribution is 7.89. The van der Waals surface area contributed by atoms with Crippen LogP contribution in [0.4, 0.5) is 8.78 Å². The quantitative estimate of drug-likeness (QED) is 0.672. The van der Waals surface area contributed by atoms with Gasteiger partial charge in [0.1, 0.15) is 16.5 Å². The molecule has 0 aliphatic carbocycles. The number of pyridine rings is 1. The summed E-state index contributed by atoms with van der Waals surface area (Å²) in [7, 11) is -3.99. The Morgan fingerprint density at radius 3 is 2.46 bits per heavy atom. The van der Waals surface area contributed by atoms with Crippen molar-refractivity contribution in [1.29, 1.82) is 0 Å². The third kappa shape index (κ3) is 3.63. The molecule has 146 valence electrons. The SMILES string of the molecule is O=S(=O)(c1ccc(F)cc1F)N1CCN(Cc2cccc3cccnc23)CC1. The molecule has 4 rings (SSSR count). The van der Waals surface area contributed by atoms with Gasteiger partial charge in [-0.25, -0.2) is 17.2 Å². The molecule has 0 N–H and O–H groups in total. The number of para-hydroxylation sites is 1. The Morgan fingerprint density at radius 1 is 0.964 bits per heavy atom. The molecule has 5 nitrogen and oxygen atoms in total. The Bertz CT molecular complexity index is 1110. The predicted molar refractivity (Wildman–Crippen MR) is 102 cm³/mol. The molecule has 2 aromatic carbocycles. The van der Waals surface area contributed by atoms with Crippen LogP contribution in [0.15, 0.2) is 59.6 Å². The van der Waals surface area contributed by atoms with Crippen LogP contribution in [0.5, 0.6) is 0 Å². The van der Waals surface area contributed by atoms with Crippen molar-refractivity contribution in [3.05, 3.63) is 71.9 Å². The van der Waals surface area contributed by atoms with E-state index in [9.17, 15) is 17.2 Å². The van der Waals surface area contributed by atoms with Gasteiger partial charge in [0.25, 0.3) is 0 Å². The number of rotatable bonds is 4. The number of piperazine rings is 1. The number of benzene rings is 2. The van der Waals surface area contributed by atoms with E-state index in [2.05, 4.69) is 9.88 Å². The molecule has 0 spiro atoms. The standard InChI is InChI=1S/C20H19F2N3O2S/c21-17-6-7-19(18(22)13-17)28(26,27)25-11-9-24(10-12-25)14-16-4-1-3-15-5-2-8-23-20(15)16/h1-8,13H,9-12,14H2. The van der Waals surface area contributed by atoms with Crippen molar-refractivity contribution in [1.82, 2.24) is 14.2 Å². The van der Waals surface area contributed by atoms with Gasteiger partial charge in [0.05, 0.1) is 5.52 Å². The highest BCUT2D eigenvalue weighted by Crippen LogP contribution is 2.23. The second kappa shape index (κ2) is 7.54. The molecule has 0 radical (unpaired) electrons. The van der Waals surface area contributed by atoms with Gasteiger partial charge in [-0.15, -0.1) is 0 Å². The summed E-state index contributed by atoms with van der Waals surface area (Å²) in [5.41, 5.74) is 2.02. The molecule has 3 aromatic rings. The van der Waals surface area contributed by atoms with E-state index in [0.29, 0.717) is 25.7 Å². The number of aromatic nitrogens is 1. The minimum absolute atomic E-state index is 0.247. The van der Waals surface area contributed by atoms with Crippen LogP contribution in [0.3, 0.4) is 0 Å². The van der Waals surface area contributed by atoms with Crippen LogP contribution in [-0.4, -0.2) is 48.8 Å². The van der Waals surface area contributed by atoms with E-state index in [0.717, 1.165) is 28.6 Å². The molecule has 28 heavy (non-hydrogen) atoms. The summed E-state index contributed by atoms with van der Waals surface area (Å²) in [6.07, 6.45) is 1.76. The lowest BCUT2D eigenvalue weighted by Gasteiger charge is -2.34. The third-order valence-corrected chi connectivity index (χ3v) is 6.89. The third-order valence-electron chi connectivity index (χ3n) is 4.95. The molecular weight excluding hydrogens is 384 g/mol. The molecule has 1 aliphatic rings. The Kier molecular flexibility index (Phi) is 5.09. The summed E-state index contributed by atoms with van der Waals surface area (Å²) in [6, 6.07) is 12.4. The lowest BCUT2D eigenvalue weighted by molar-refractivity contribution is 0.182. The monoisotopic (exact) mass is 403 g/mol. The molecule has 0 bridgehead atoms. The number of hydrogen-bond donors (Lipinski definition) is 0. The topological polar surface area (TPSA) is 53.5 Å². The number of nitrogens with zero attached hydrogens (tertiary/aromatic N) is 3. The summed E-state index contributed by atoms with van der Waals surface area (Å²) in [5.74, 6) is -1.87. The maximum absolute atomic E-state index is 14.0. The maximum Gasteiger partial charge on any atom is 0.246 e. The summed E-state index contributed by atoms with van der Waals surface area (Å²) < 4.78 is 53.7. The van der Waals surface area contributed by atoms with Crippen LogP contribution < -0.4 is 0 Å². The molecule has 1 saturated heterocycles. The smallest absolute Gasteiger partial charge is 0.246 e. The van der Waals surface area contributed by atoms with E-state index in [1.54, 1.807) is 6.20 Å². The van der Waals surface area contributed by atoms with E-state index < -0.39 is 26.6 Å². The van der Waals surface area contributed by atoms with Crippen molar-refractivity contribution in [3.8, 4) is 0 Å². The molecule has 8 heteroatoms. The van der Waals surface area contributed by atoms with E-state index >= 15 is 0 Å². The number of sulfonamides is 1. The number of hydrogen-bond acceptors (Lipinski definition) is 4. The van der Waals surface area contributed by atoms with Crippen LogP contribution in [0, 0.1) is 11.6 Å². The Morgan fingerprint density at radius 2 is 1.71 bits per heavy atom. The second-order valence-corrected chi connectivity index (χ2v) is 8.65. The maximum atomic E-state index is 14.0. The highest BCUT2D eigenvalue weighted by atomic mass is 32.2. The van der Waals surface area contributed by atoms with Gasteiger partial charge >= 0.3 is 0 Å². The van der Waals surface area contributed by atoms with Crippen LogP contribution in [0.2, 0.25) is 0 Å². The summed E-state index contributed by atoms with van der Waals surface area (Å²) >= 11 is 0. The Balaban J connectivity index is 1.47. The van der Waals surface area contributed by atoms with Crippen molar-refractivity contribution in [2.75, 3.05) is 26.2 Å². The molecule has 1 fully saturated rings. The molecule has 1 aromatic heterocycles. The lowest BCUT2D eigenvalue weighted by Crippen LogP contribution is -2.48. The largest absolute Gasteiger partial charge is 0.296 e. The minimum atomic E-state index is -3.99. The van der Waals surface area contributed by atoms with Gasteiger partial charge in [-0.1, -0.05) is 24.3 Å². The second-order valence-electron chi connectivity index (χ2n) is 6.75. The fourth-order valence-corrected chi connectivity index (χ4v) is 4.95. The number of halogens is 2. The minimum Gasteiger partial charge on any atom is -0.296 e. The Labute approximate surface area is 162 Å². The van der Waals surface area contributed by atoms with Crippen LogP contribution in [0.25, 0.3) is 10.9 Å². The first-order chi connectivity index (χ1) is 13.4. The van der Waals surface area contributed by atoms with Gasteiger partial charge < -0.3 is 0 Å².